The van der Waals surface area contributed by atoms with Gasteiger partial charge in [0, 0.05) is 38.5 Å². The summed E-state index contributed by atoms with van der Waals surface area (Å²) in [4.78, 5) is 19.0. The lowest BCUT2D eigenvalue weighted by molar-refractivity contribution is -0.137. The first-order valence-electron chi connectivity index (χ1n) is 10.2. The summed E-state index contributed by atoms with van der Waals surface area (Å²) in [7, 11) is 1.66. The fourth-order valence-corrected chi connectivity index (χ4v) is 4.03. The van der Waals surface area contributed by atoms with Gasteiger partial charge in [0.25, 0.3) is 5.56 Å². The van der Waals surface area contributed by atoms with Crippen molar-refractivity contribution in [3.63, 3.8) is 0 Å². The van der Waals surface area contributed by atoms with Crippen LogP contribution in [0.5, 0.6) is 5.75 Å². The van der Waals surface area contributed by atoms with Gasteiger partial charge in [0.05, 0.1) is 16.8 Å². The highest BCUT2D eigenvalue weighted by atomic mass is 19.4. The number of anilines is 1. The molecule has 1 aliphatic rings. The maximum Gasteiger partial charge on any atom is 0.416 e. The Kier molecular flexibility index (Phi) is 5.55. The average molecular weight is 442 g/mol. The molecule has 6 nitrogen and oxygen atoms in total. The van der Waals surface area contributed by atoms with Crippen LogP contribution in [-0.4, -0.2) is 28.7 Å². The van der Waals surface area contributed by atoms with Crippen molar-refractivity contribution in [1.82, 2.24) is 9.55 Å². The maximum absolute atomic E-state index is 12.8. The molecule has 1 aliphatic heterocycles. The third-order valence-corrected chi connectivity index (χ3v) is 5.82. The number of aryl methyl sites for hydroxylation is 1. The summed E-state index contributed by atoms with van der Waals surface area (Å²) in [5.74, 6) is 0.437. The first kappa shape index (κ1) is 21.7. The molecule has 3 heterocycles. The van der Waals surface area contributed by atoms with E-state index in [0.29, 0.717) is 42.0 Å². The van der Waals surface area contributed by atoms with E-state index in [9.17, 15) is 23.2 Å². The number of pyridine rings is 2. The predicted molar refractivity (Wildman–Crippen MR) is 114 cm³/mol. The molecule has 0 aliphatic carbocycles. The molecule has 9 heteroatoms. The van der Waals surface area contributed by atoms with Gasteiger partial charge in [0.15, 0.2) is 0 Å². The van der Waals surface area contributed by atoms with Gasteiger partial charge in [0.1, 0.15) is 29.1 Å². The average Bonchev–Trinajstić information content (AvgIpc) is 2.77. The molecule has 0 unspecified atom stereocenters. The molecule has 0 saturated carbocycles. The van der Waals surface area contributed by atoms with Crippen LogP contribution < -0.4 is 15.2 Å². The maximum atomic E-state index is 12.8. The van der Waals surface area contributed by atoms with Crippen molar-refractivity contribution in [2.24, 2.45) is 13.0 Å². The monoisotopic (exact) mass is 442 g/mol. The van der Waals surface area contributed by atoms with Crippen LogP contribution >= 0.6 is 0 Å². The molecule has 32 heavy (non-hydrogen) atoms. The number of benzene rings is 1. The lowest BCUT2D eigenvalue weighted by atomic mass is 9.95. The van der Waals surface area contributed by atoms with Gasteiger partial charge in [-0.1, -0.05) is 6.92 Å². The first-order chi connectivity index (χ1) is 15.2. The van der Waals surface area contributed by atoms with Gasteiger partial charge in [-0.25, -0.2) is 4.98 Å². The van der Waals surface area contributed by atoms with Crippen molar-refractivity contribution in [3.05, 3.63) is 64.1 Å². The summed E-state index contributed by atoms with van der Waals surface area (Å²) < 4.78 is 45.8. The normalized spacial score (nSPS) is 19.1. The molecule has 0 amide bonds. The Labute approximate surface area is 182 Å². The van der Waals surface area contributed by atoms with Gasteiger partial charge in [-0.05, 0) is 36.4 Å². The Hall–Kier alpha value is -3.54. The number of nitriles is 1. The Morgan fingerprint density at radius 3 is 2.53 bits per heavy atom. The Morgan fingerprint density at radius 1 is 1.19 bits per heavy atom. The third-order valence-electron chi connectivity index (χ3n) is 5.82. The van der Waals surface area contributed by atoms with Crippen LogP contribution in [0.2, 0.25) is 0 Å². The fraction of sp³-hybridized carbons (Fsp3) is 0.348. The highest BCUT2D eigenvalue weighted by Crippen LogP contribution is 2.32. The minimum atomic E-state index is -4.38. The molecule has 0 spiro atoms. The molecule has 3 aromatic rings. The number of hydrogen-bond acceptors (Lipinski definition) is 5. The number of aromatic nitrogens is 2. The second-order valence-electron chi connectivity index (χ2n) is 7.99. The summed E-state index contributed by atoms with van der Waals surface area (Å²) in [5.41, 5.74) is 1.28. The molecule has 1 aromatic carbocycles. The molecule has 2 atom stereocenters. The van der Waals surface area contributed by atoms with Crippen LogP contribution in [0.1, 0.15) is 24.6 Å². The minimum Gasteiger partial charge on any atom is -0.490 e. The van der Waals surface area contributed by atoms with Crippen molar-refractivity contribution in [3.8, 4) is 11.8 Å². The quantitative estimate of drug-likeness (QED) is 0.610. The zero-order valence-corrected chi connectivity index (χ0v) is 17.6. The molecule has 1 fully saturated rings. The summed E-state index contributed by atoms with van der Waals surface area (Å²) in [5, 5.41) is 9.23. The van der Waals surface area contributed by atoms with E-state index in [1.54, 1.807) is 19.2 Å². The number of ether oxygens (including phenoxy) is 1. The highest BCUT2D eigenvalue weighted by molar-refractivity contribution is 5.88. The number of hydrogen-bond donors (Lipinski definition) is 0. The van der Waals surface area contributed by atoms with Crippen LogP contribution in [0, 0.1) is 17.2 Å². The van der Waals surface area contributed by atoms with Crippen LogP contribution in [0.25, 0.3) is 11.0 Å². The van der Waals surface area contributed by atoms with E-state index in [4.69, 9.17) is 4.74 Å². The number of alkyl halides is 3. The molecular formula is C23H21F3N4O2. The largest absolute Gasteiger partial charge is 0.490 e. The van der Waals surface area contributed by atoms with E-state index < -0.39 is 11.7 Å². The SMILES string of the molecule is C[C@H]1CN(c2cc(=O)n(C)c3ccc(C#N)nc23)CC[C@@H]1Oc1ccc(C(F)(F)F)cc1. The summed E-state index contributed by atoms with van der Waals surface area (Å²) in [6.45, 7) is 3.15. The molecule has 4 rings (SSSR count). The van der Waals surface area contributed by atoms with Crippen LogP contribution in [-0.2, 0) is 13.2 Å². The second-order valence-corrected chi connectivity index (χ2v) is 7.99. The van der Waals surface area contributed by atoms with Gasteiger partial charge >= 0.3 is 6.18 Å². The molecule has 166 valence electrons. The highest BCUT2D eigenvalue weighted by Gasteiger charge is 2.31. The van der Waals surface area contributed by atoms with Crippen molar-refractivity contribution in [2.45, 2.75) is 25.6 Å². The zero-order valence-electron chi connectivity index (χ0n) is 17.6. The van der Waals surface area contributed by atoms with E-state index >= 15 is 0 Å². The van der Waals surface area contributed by atoms with Crippen molar-refractivity contribution < 1.29 is 17.9 Å². The molecule has 0 radical (unpaired) electrons. The lowest BCUT2D eigenvalue weighted by Gasteiger charge is -2.38. The Morgan fingerprint density at radius 2 is 1.91 bits per heavy atom. The Balaban J connectivity index is 1.55. The Bertz CT molecular complexity index is 1250. The summed E-state index contributed by atoms with van der Waals surface area (Å²) in [6.07, 6.45) is -3.94. The predicted octanol–water partition coefficient (Wildman–Crippen LogP) is 4.12. The van der Waals surface area contributed by atoms with Gasteiger partial charge < -0.3 is 14.2 Å². The molecule has 2 aromatic heterocycles. The lowest BCUT2D eigenvalue weighted by Crippen LogP contribution is -2.45. The summed E-state index contributed by atoms with van der Waals surface area (Å²) >= 11 is 0. The number of fused-ring (bicyclic) bond motifs is 1. The van der Waals surface area contributed by atoms with Crippen LogP contribution in [0.3, 0.4) is 0 Å². The van der Waals surface area contributed by atoms with Gasteiger partial charge in [-0.2, -0.15) is 18.4 Å². The van der Waals surface area contributed by atoms with Gasteiger partial charge in [0.2, 0.25) is 0 Å². The number of rotatable bonds is 3. The fourth-order valence-electron chi connectivity index (χ4n) is 4.03. The number of nitrogens with zero attached hydrogens (tertiary/aromatic N) is 4. The van der Waals surface area contributed by atoms with Gasteiger partial charge in [-0.15, -0.1) is 0 Å². The molecule has 0 bridgehead atoms. The van der Waals surface area contributed by atoms with Crippen LogP contribution in [0.15, 0.2) is 47.3 Å². The van der Waals surface area contributed by atoms with Crippen molar-refractivity contribution in [1.29, 1.82) is 5.26 Å². The molecular weight excluding hydrogens is 421 g/mol. The number of halogens is 3. The van der Waals surface area contributed by atoms with E-state index in [-0.39, 0.29) is 23.3 Å². The first-order valence-corrected chi connectivity index (χ1v) is 10.2. The van der Waals surface area contributed by atoms with Gasteiger partial charge in [-0.3, -0.25) is 4.79 Å². The zero-order chi connectivity index (χ0) is 23.0. The smallest absolute Gasteiger partial charge is 0.416 e. The topological polar surface area (TPSA) is 71.2 Å². The van der Waals surface area contributed by atoms with E-state index in [2.05, 4.69) is 9.88 Å². The second kappa shape index (κ2) is 8.19. The summed E-state index contributed by atoms with van der Waals surface area (Å²) in [6, 6.07) is 11.6. The van der Waals surface area contributed by atoms with E-state index in [1.807, 2.05) is 13.0 Å². The van der Waals surface area contributed by atoms with Crippen LogP contribution in [0.4, 0.5) is 18.9 Å². The standard InChI is InChI=1S/C23H21F3N4O2/c1-14-13-30(10-9-20(14)32-17-6-3-15(4-7-17)23(24,25)26)19-11-21(31)29(2)18-8-5-16(12-27)28-22(18)19/h3-8,11,14,20H,9-10,13H2,1-2H3/t14-,20-/m0/s1. The third kappa shape index (κ3) is 4.13. The minimum absolute atomic E-state index is 0.0456. The van der Waals surface area contributed by atoms with Crippen molar-refractivity contribution in [2.75, 3.05) is 18.0 Å². The molecule has 0 N–H and O–H groups in total. The molecule has 1 saturated heterocycles. The van der Waals surface area contributed by atoms with Crippen molar-refractivity contribution >= 4 is 16.7 Å². The number of piperidine rings is 1. The van der Waals surface area contributed by atoms with E-state index in [0.717, 1.165) is 12.1 Å². The van der Waals surface area contributed by atoms with E-state index in [1.165, 1.54) is 22.8 Å².